The van der Waals surface area contributed by atoms with Crippen LogP contribution in [0, 0.1) is 18.3 Å². The van der Waals surface area contributed by atoms with Gasteiger partial charge in [-0.1, -0.05) is 24.3 Å². The number of nitrogens with zero attached hydrogens (tertiary/aromatic N) is 1. The number of rotatable bonds is 2. The van der Waals surface area contributed by atoms with Crippen LogP contribution >= 0.6 is 0 Å². The monoisotopic (exact) mass is 365 g/mol. The summed E-state index contributed by atoms with van der Waals surface area (Å²) in [6.07, 6.45) is 7.48. The van der Waals surface area contributed by atoms with Crippen molar-refractivity contribution < 1.29 is 14.3 Å². The number of aryl methyl sites for hydroxylation is 1. The van der Waals surface area contributed by atoms with Gasteiger partial charge in [0.2, 0.25) is 0 Å². The highest BCUT2D eigenvalue weighted by Crippen LogP contribution is 2.74. The predicted octanol–water partition coefficient (Wildman–Crippen LogP) is 2.80. The summed E-state index contributed by atoms with van der Waals surface area (Å²) in [6, 6.07) is 4.92. The van der Waals surface area contributed by atoms with E-state index in [2.05, 4.69) is 43.2 Å². The molecule has 4 bridgehead atoms. The number of hydrogen-bond acceptors (Lipinski definition) is 4. The maximum atomic E-state index is 12.8. The van der Waals surface area contributed by atoms with Crippen molar-refractivity contribution in [2.24, 2.45) is 11.3 Å². The Morgan fingerprint density at radius 1 is 1.33 bits per heavy atom. The fourth-order valence-corrected chi connectivity index (χ4v) is 7.66. The van der Waals surface area contributed by atoms with Gasteiger partial charge in [0.1, 0.15) is 23.2 Å². The molecule has 4 aliphatic carbocycles. The summed E-state index contributed by atoms with van der Waals surface area (Å²) < 4.78 is 13.0. The van der Waals surface area contributed by atoms with Crippen molar-refractivity contribution in [2.75, 3.05) is 20.7 Å². The number of hydrogen-bond donors (Lipinski definition) is 0. The topological polar surface area (TPSA) is 38.8 Å². The highest BCUT2D eigenvalue weighted by Gasteiger charge is 2.79. The van der Waals surface area contributed by atoms with E-state index in [1.807, 2.05) is 0 Å². The molecule has 1 aromatic carbocycles. The first-order valence-electron chi connectivity index (χ1n) is 10.2. The van der Waals surface area contributed by atoms with Crippen LogP contribution in [0.1, 0.15) is 36.5 Å². The Hall–Kier alpha value is -1.65. The highest BCUT2D eigenvalue weighted by molar-refractivity contribution is 5.82. The molecule has 4 heteroatoms. The zero-order valence-electron chi connectivity index (χ0n) is 16.5. The van der Waals surface area contributed by atoms with Gasteiger partial charge in [-0.25, -0.2) is 0 Å². The SMILES string of the molecule is CO[C@@]12C=C[C@@]3(C[C@H]1C(C)=O)[C@H]1Cc4ccc(C)c5c4[C@@]3(CCN1C)[C@H]2O5. The van der Waals surface area contributed by atoms with Crippen LogP contribution in [-0.2, 0) is 21.4 Å². The number of likely N-dealkylation sites (N-methyl/N-ethyl adjacent to an activating group) is 1. The summed E-state index contributed by atoms with van der Waals surface area (Å²) in [4.78, 5) is 15.3. The lowest BCUT2D eigenvalue weighted by Crippen LogP contribution is -2.79. The third-order valence-corrected chi connectivity index (χ3v) is 8.78. The van der Waals surface area contributed by atoms with Gasteiger partial charge in [-0.05, 0) is 57.8 Å². The Bertz CT molecular complexity index is 922. The van der Waals surface area contributed by atoms with E-state index >= 15 is 0 Å². The van der Waals surface area contributed by atoms with Gasteiger partial charge < -0.3 is 14.4 Å². The van der Waals surface area contributed by atoms with Crippen molar-refractivity contribution in [3.63, 3.8) is 0 Å². The lowest BCUT2D eigenvalue weighted by atomic mass is 9.37. The van der Waals surface area contributed by atoms with Gasteiger partial charge >= 0.3 is 0 Å². The Morgan fingerprint density at radius 3 is 2.89 bits per heavy atom. The largest absolute Gasteiger partial charge is 0.485 e. The first-order valence-corrected chi connectivity index (χ1v) is 10.2. The first kappa shape index (κ1) is 16.3. The zero-order valence-corrected chi connectivity index (χ0v) is 16.5. The molecular formula is C23H27NO3. The molecule has 2 aliphatic heterocycles. The second-order valence-corrected chi connectivity index (χ2v) is 9.46. The van der Waals surface area contributed by atoms with E-state index in [0.29, 0.717) is 6.04 Å². The van der Waals surface area contributed by atoms with Gasteiger partial charge in [0.15, 0.2) is 0 Å². The summed E-state index contributed by atoms with van der Waals surface area (Å²) in [5.41, 5.74) is 3.30. The van der Waals surface area contributed by atoms with Crippen LogP contribution in [0.3, 0.4) is 0 Å². The number of Topliss-reactive ketones (excluding diaryl/α,β-unsaturated/α-hetero) is 1. The van der Waals surface area contributed by atoms with E-state index in [9.17, 15) is 4.79 Å². The fraction of sp³-hybridized carbons (Fsp3) is 0.609. The maximum absolute atomic E-state index is 12.8. The molecule has 4 nitrogen and oxygen atoms in total. The molecule has 0 aromatic heterocycles. The summed E-state index contributed by atoms with van der Waals surface area (Å²) >= 11 is 0. The minimum Gasteiger partial charge on any atom is -0.485 e. The van der Waals surface area contributed by atoms with Gasteiger partial charge in [-0.15, -0.1) is 0 Å². The molecule has 1 saturated carbocycles. The molecule has 27 heavy (non-hydrogen) atoms. The summed E-state index contributed by atoms with van der Waals surface area (Å²) in [7, 11) is 4.01. The standard InChI is InChI=1S/C23H27NO3/c1-13-5-6-15-11-17-21-7-8-23(26-4,16(12-21)14(2)25)20-22(21,9-10-24(17)3)18(15)19(13)27-20/h5-8,16-17,20H,9-12H2,1-4H3/t16-,17+,20+,21+,22-,23-/m0/s1. The predicted molar refractivity (Wildman–Crippen MR) is 102 cm³/mol. The van der Waals surface area contributed by atoms with Crippen molar-refractivity contribution in [3.05, 3.63) is 41.0 Å². The van der Waals surface area contributed by atoms with Crippen LogP contribution in [0.2, 0.25) is 0 Å². The molecule has 2 heterocycles. The molecule has 0 radical (unpaired) electrons. The first-order chi connectivity index (χ1) is 12.9. The van der Waals surface area contributed by atoms with Crippen LogP contribution in [0.25, 0.3) is 0 Å². The lowest BCUT2D eigenvalue weighted by molar-refractivity contribution is -0.212. The van der Waals surface area contributed by atoms with Crippen LogP contribution in [-0.4, -0.2) is 49.1 Å². The molecule has 1 aromatic rings. The van der Waals surface area contributed by atoms with E-state index in [0.717, 1.165) is 31.6 Å². The molecule has 7 rings (SSSR count). The van der Waals surface area contributed by atoms with Crippen LogP contribution < -0.4 is 4.74 Å². The fourth-order valence-electron chi connectivity index (χ4n) is 7.66. The van der Waals surface area contributed by atoms with E-state index < -0.39 is 5.60 Å². The molecule has 142 valence electrons. The third kappa shape index (κ3) is 1.46. The van der Waals surface area contributed by atoms with E-state index in [4.69, 9.17) is 9.47 Å². The molecule has 6 atom stereocenters. The van der Waals surface area contributed by atoms with Crippen molar-refractivity contribution in [3.8, 4) is 5.75 Å². The summed E-state index contributed by atoms with van der Waals surface area (Å²) in [6.45, 7) is 4.94. The summed E-state index contributed by atoms with van der Waals surface area (Å²) in [5.74, 6) is 1.15. The Kier molecular flexibility index (Phi) is 2.82. The van der Waals surface area contributed by atoms with Crippen LogP contribution in [0.5, 0.6) is 5.75 Å². The molecule has 1 saturated heterocycles. The second kappa shape index (κ2) is 4.66. The normalized spacial score (nSPS) is 45.6. The third-order valence-electron chi connectivity index (χ3n) is 8.78. The lowest BCUT2D eigenvalue weighted by Gasteiger charge is -2.70. The number of piperidine rings is 1. The second-order valence-electron chi connectivity index (χ2n) is 9.46. The summed E-state index contributed by atoms with van der Waals surface area (Å²) in [5, 5.41) is 0. The van der Waals surface area contributed by atoms with Gasteiger partial charge in [-0.2, -0.15) is 0 Å². The van der Waals surface area contributed by atoms with Gasteiger partial charge in [0, 0.05) is 24.1 Å². The number of methoxy groups -OCH3 is 1. The van der Waals surface area contributed by atoms with Gasteiger partial charge in [-0.3, -0.25) is 4.79 Å². The van der Waals surface area contributed by atoms with Gasteiger partial charge in [0.25, 0.3) is 0 Å². The smallest absolute Gasteiger partial charge is 0.143 e. The number of likely N-dealkylation sites (tertiary alicyclic amines) is 1. The van der Waals surface area contributed by atoms with Gasteiger partial charge in [0.05, 0.1) is 11.3 Å². The minimum atomic E-state index is -0.659. The average molecular weight is 365 g/mol. The number of carbonyl (C=O) groups is 1. The highest BCUT2D eigenvalue weighted by atomic mass is 16.6. The number of fused-ring (bicyclic) bond motifs is 1. The molecule has 2 spiro atoms. The van der Waals surface area contributed by atoms with Crippen LogP contribution in [0.4, 0.5) is 0 Å². The van der Waals surface area contributed by atoms with Crippen molar-refractivity contribution in [1.82, 2.24) is 4.90 Å². The van der Waals surface area contributed by atoms with Crippen molar-refractivity contribution >= 4 is 5.78 Å². The average Bonchev–Trinajstić information content (AvgIpc) is 3.03. The molecular weight excluding hydrogens is 338 g/mol. The molecule has 0 N–H and O–H groups in total. The van der Waals surface area contributed by atoms with Crippen molar-refractivity contribution in [1.29, 1.82) is 0 Å². The molecule has 2 fully saturated rings. The van der Waals surface area contributed by atoms with Crippen LogP contribution in [0.15, 0.2) is 24.3 Å². The van der Waals surface area contributed by atoms with E-state index in [1.54, 1.807) is 14.0 Å². The van der Waals surface area contributed by atoms with E-state index in [-0.39, 0.29) is 28.6 Å². The number of ether oxygens (including phenoxy) is 2. The zero-order chi connectivity index (χ0) is 18.8. The minimum absolute atomic E-state index is 0.0483. The Morgan fingerprint density at radius 2 is 2.15 bits per heavy atom. The Balaban J connectivity index is 1.73. The molecule has 6 aliphatic rings. The quantitative estimate of drug-likeness (QED) is 0.756. The number of carbonyl (C=O) groups excluding carboxylic acids is 1. The Labute approximate surface area is 160 Å². The van der Waals surface area contributed by atoms with E-state index in [1.165, 1.54) is 16.7 Å². The molecule has 0 unspecified atom stereocenters. The maximum Gasteiger partial charge on any atom is 0.143 e. The number of ketones is 1. The van der Waals surface area contributed by atoms with Crippen molar-refractivity contribution in [2.45, 2.75) is 56.3 Å². The molecule has 0 amide bonds. The number of benzene rings is 1.